The van der Waals surface area contributed by atoms with E-state index in [1.54, 1.807) is 26.2 Å². The number of aryl methyl sites for hydroxylation is 1. The third-order valence-corrected chi connectivity index (χ3v) is 5.76. The minimum Gasteiger partial charge on any atom is -0.364 e. The molecule has 0 saturated heterocycles. The molecule has 3 aromatic heterocycles. The van der Waals surface area contributed by atoms with Gasteiger partial charge in [0.2, 0.25) is 10.0 Å². The maximum absolute atomic E-state index is 12.8. The van der Waals surface area contributed by atoms with E-state index in [0.717, 1.165) is 11.7 Å². The lowest BCUT2D eigenvalue weighted by Gasteiger charge is -2.26. The first-order valence-corrected chi connectivity index (χ1v) is 9.74. The average Bonchev–Trinajstić information content (AvgIpc) is 3.00. The molecule has 3 N–H and O–H groups in total. The predicted octanol–water partition coefficient (Wildman–Crippen LogP) is 1.16. The van der Waals surface area contributed by atoms with Gasteiger partial charge in [-0.15, -0.1) is 0 Å². The maximum atomic E-state index is 12.8. The number of hydrogen-bond donors (Lipinski definition) is 2. The van der Waals surface area contributed by atoms with Crippen LogP contribution in [0.1, 0.15) is 37.1 Å². The van der Waals surface area contributed by atoms with Gasteiger partial charge in [0.1, 0.15) is 21.9 Å². The summed E-state index contributed by atoms with van der Waals surface area (Å²) in [5, 5.41) is 0. The number of carbonyl (C=O) groups excluding carboxylic acids is 1. The molecule has 0 aliphatic heterocycles. The van der Waals surface area contributed by atoms with Crippen LogP contribution in [0.15, 0.2) is 41.7 Å². The normalized spacial score (nSPS) is 12.4. The number of imidazole rings is 1. The van der Waals surface area contributed by atoms with E-state index >= 15 is 0 Å². The van der Waals surface area contributed by atoms with Crippen molar-refractivity contribution in [3.63, 3.8) is 0 Å². The van der Waals surface area contributed by atoms with Crippen LogP contribution in [-0.4, -0.2) is 33.8 Å². The van der Waals surface area contributed by atoms with E-state index in [1.807, 2.05) is 17.6 Å². The van der Waals surface area contributed by atoms with Crippen LogP contribution in [-0.2, 0) is 22.1 Å². The van der Waals surface area contributed by atoms with Crippen LogP contribution in [0.3, 0.4) is 0 Å². The fourth-order valence-corrected chi connectivity index (χ4v) is 4.22. The summed E-state index contributed by atoms with van der Waals surface area (Å²) in [6.45, 7) is 6.05. The Morgan fingerprint density at radius 1 is 1.26 bits per heavy atom. The molecule has 0 unspecified atom stereocenters. The lowest BCUT2D eigenvalue weighted by atomic mass is 10.1. The number of amides is 1. The van der Waals surface area contributed by atoms with Gasteiger partial charge in [-0.25, -0.2) is 18.4 Å². The Kier molecular flexibility index (Phi) is 4.70. The van der Waals surface area contributed by atoms with Crippen LogP contribution in [0.4, 0.5) is 0 Å². The Bertz CT molecular complexity index is 1100. The Labute approximate surface area is 156 Å². The van der Waals surface area contributed by atoms with Crippen LogP contribution in [0.2, 0.25) is 0 Å². The fourth-order valence-electron chi connectivity index (χ4n) is 2.90. The molecule has 0 radical (unpaired) electrons. The van der Waals surface area contributed by atoms with Crippen molar-refractivity contribution in [1.82, 2.24) is 24.2 Å². The van der Waals surface area contributed by atoms with Gasteiger partial charge >= 0.3 is 0 Å². The van der Waals surface area contributed by atoms with Crippen molar-refractivity contribution >= 4 is 27.0 Å². The third-order valence-electron chi connectivity index (χ3n) is 4.11. The van der Waals surface area contributed by atoms with Crippen molar-refractivity contribution < 1.29 is 13.2 Å². The van der Waals surface area contributed by atoms with Crippen LogP contribution < -0.4 is 10.5 Å². The molecular weight excluding hydrogens is 368 g/mol. The van der Waals surface area contributed by atoms with E-state index in [2.05, 4.69) is 19.7 Å². The third kappa shape index (κ3) is 3.53. The molecule has 3 heterocycles. The number of primary amides is 1. The van der Waals surface area contributed by atoms with Gasteiger partial charge in [0.25, 0.3) is 5.91 Å². The lowest BCUT2D eigenvalue weighted by Crippen LogP contribution is -2.43. The first-order valence-electron chi connectivity index (χ1n) is 8.26. The fraction of sp³-hybridized carbons (Fsp3) is 0.294. The zero-order valence-electron chi connectivity index (χ0n) is 15.2. The number of nitrogens with two attached hydrogens (primary N) is 1. The summed E-state index contributed by atoms with van der Waals surface area (Å²) < 4.78 is 30.2. The molecule has 0 aliphatic rings. The molecule has 0 aliphatic carbocycles. The van der Waals surface area contributed by atoms with Crippen LogP contribution in [0.5, 0.6) is 0 Å². The van der Waals surface area contributed by atoms with Crippen molar-refractivity contribution in [3.05, 3.63) is 48.3 Å². The maximum Gasteiger partial charge on any atom is 0.267 e. The highest BCUT2D eigenvalue weighted by Crippen LogP contribution is 2.26. The van der Waals surface area contributed by atoms with Crippen molar-refractivity contribution in [1.29, 1.82) is 0 Å². The Balaban J connectivity index is 1.99. The second-order valence-corrected chi connectivity index (χ2v) is 8.20. The van der Waals surface area contributed by atoms with Gasteiger partial charge in [-0.1, -0.05) is 0 Å². The van der Waals surface area contributed by atoms with Gasteiger partial charge in [-0.05, 0) is 39.0 Å². The monoisotopic (exact) mass is 388 g/mol. The SMILES string of the molecule is CCn1c(C(C)(C)NS(=O)(=O)c2ccc(C(N)=O)nc2)nc2cnccc21. The zero-order chi connectivity index (χ0) is 19.8. The largest absolute Gasteiger partial charge is 0.364 e. The zero-order valence-corrected chi connectivity index (χ0v) is 16.0. The molecule has 0 atom stereocenters. The Morgan fingerprint density at radius 2 is 2.00 bits per heavy atom. The van der Waals surface area contributed by atoms with E-state index in [9.17, 15) is 13.2 Å². The van der Waals surface area contributed by atoms with Crippen molar-refractivity contribution in [2.45, 2.75) is 37.8 Å². The van der Waals surface area contributed by atoms with Crippen LogP contribution in [0, 0.1) is 0 Å². The number of sulfonamides is 1. The molecule has 3 rings (SSSR count). The van der Waals surface area contributed by atoms with E-state index in [0.29, 0.717) is 17.9 Å². The van der Waals surface area contributed by atoms with Gasteiger partial charge < -0.3 is 10.3 Å². The molecule has 0 aromatic carbocycles. The second-order valence-electron chi connectivity index (χ2n) is 6.52. The summed E-state index contributed by atoms with van der Waals surface area (Å²) in [4.78, 5) is 23.5. The average molecular weight is 388 g/mol. The molecule has 0 saturated carbocycles. The molecule has 0 fully saturated rings. The first-order chi connectivity index (χ1) is 12.7. The number of pyridine rings is 2. The second kappa shape index (κ2) is 6.71. The van der Waals surface area contributed by atoms with Crippen molar-refractivity contribution in [2.75, 3.05) is 0 Å². The number of fused-ring (bicyclic) bond motifs is 1. The van der Waals surface area contributed by atoms with Crippen molar-refractivity contribution in [2.24, 2.45) is 5.73 Å². The minimum atomic E-state index is -3.90. The van der Waals surface area contributed by atoms with Gasteiger partial charge in [-0.3, -0.25) is 9.78 Å². The van der Waals surface area contributed by atoms with Gasteiger partial charge in [0, 0.05) is 18.9 Å². The minimum absolute atomic E-state index is 0.00603. The lowest BCUT2D eigenvalue weighted by molar-refractivity contribution is 0.0995. The van der Waals surface area contributed by atoms with E-state index in [1.165, 1.54) is 12.1 Å². The Morgan fingerprint density at radius 3 is 2.59 bits per heavy atom. The highest BCUT2D eigenvalue weighted by Gasteiger charge is 2.33. The molecule has 27 heavy (non-hydrogen) atoms. The predicted molar refractivity (Wildman–Crippen MR) is 99.3 cm³/mol. The Hall–Kier alpha value is -2.85. The van der Waals surface area contributed by atoms with Gasteiger partial charge in [0.05, 0.1) is 17.3 Å². The molecule has 10 heteroatoms. The molecule has 0 bridgehead atoms. The number of aromatic nitrogens is 4. The quantitative estimate of drug-likeness (QED) is 0.651. The number of nitrogens with one attached hydrogen (secondary N) is 1. The number of rotatable bonds is 6. The van der Waals surface area contributed by atoms with E-state index < -0.39 is 21.5 Å². The molecule has 3 aromatic rings. The van der Waals surface area contributed by atoms with Crippen LogP contribution in [0.25, 0.3) is 11.0 Å². The summed E-state index contributed by atoms with van der Waals surface area (Å²) in [6, 6.07) is 4.40. The summed E-state index contributed by atoms with van der Waals surface area (Å²) in [7, 11) is -3.90. The number of nitrogens with zero attached hydrogens (tertiary/aromatic N) is 4. The van der Waals surface area contributed by atoms with Gasteiger partial charge in [0.15, 0.2) is 0 Å². The smallest absolute Gasteiger partial charge is 0.267 e. The standard InChI is InChI=1S/C17H20N6O3S/c1-4-23-14-7-8-19-10-13(14)21-16(23)17(2,3)22-27(25,26)11-5-6-12(15(18)24)20-9-11/h5-10,22H,4H2,1-3H3,(H2,18,24). The van der Waals surface area contributed by atoms with E-state index in [4.69, 9.17) is 5.73 Å². The molecule has 9 nitrogen and oxygen atoms in total. The summed E-state index contributed by atoms with van der Waals surface area (Å²) in [5.41, 5.74) is 5.69. The highest BCUT2D eigenvalue weighted by atomic mass is 32.2. The highest BCUT2D eigenvalue weighted by molar-refractivity contribution is 7.89. The molecule has 0 spiro atoms. The summed E-state index contributed by atoms with van der Waals surface area (Å²) in [5.74, 6) is -0.157. The first kappa shape index (κ1) is 18.9. The summed E-state index contributed by atoms with van der Waals surface area (Å²) >= 11 is 0. The number of hydrogen-bond acceptors (Lipinski definition) is 6. The molecular formula is C17H20N6O3S. The van der Waals surface area contributed by atoms with Crippen molar-refractivity contribution in [3.8, 4) is 0 Å². The van der Waals surface area contributed by atoms with Gasteiger partial charge in [-0.2, -0.15) is 4.72 Å². The number of carbonyl (C=O) groups is 1. The molecule has 142 valence electrons. The topological polar surface area (TPSA) is 133 Å². The molecule has 1 amide bonds. The van der Waals surface area contributed by atoms with Crippen LogP contribution >= 0.6 is 0 Å². The van der Waals surface area contributed by atoms with E-state index in [-0.39, 0.29) is 10.6 Å². The summed E-state index contributed by atoms with van der Waals surface area (Å²) in [6.07, 6.45) is 4.41.